The van der Waals surface area contributed by atoms with Gasteiger partial charge in [0.15, 0.2) is 0 Å². The number of hydrogen-bond acceptors (Lipinski definition) is 5. The maximum atomic E-state index is 12.7. The van der Waals surface area contributed by atoms with Gasteiger partial charge in [-0.05, 0) is 41.8 Å². The number of ether oxygens (including phenoxy) is 2. The van der Waals surface area contributed by atoms with Gasteiger partial charge in [0, 0.05) is 0 Å². The molecule has 0 N–H and O–H groups in total. The van der Waals surface area contributed by atoms with Gasteiger partial charge in [0.2, 0.25) is 0 Å². The maximum Gasteiger partial charge on any atom is 0.266 e. The van der Waals surface area contributed by atoms with E-state index < -0.39 is 0 Å². The molecule has 6 heteroatoms. The largest absolute Gasteiger partial charge is 0.497 e. The summed E-state index contributed by atoms with van der Waals surface area (Å²) in [6.45, 7) is 4.57. The van der Waals surface area contributed by atoms with Crippen molar-refractivity contribution >= 4 is 34.2 Å². The number of allylic oxidation sites excluding steroid dienone is 1. The van der Waals surface area contributed by atoms with Crippen LogP contribution in [-0.2, 0) is 17.8 Å². The van der Waals surface area contributed by atoms with Crippen LogP contribution >= 0.6 is 24.0 Å². The van der Waals surface area contributed by atoms with E-state index in [-0.39, 0.29) is 5.91 Å². The lowest BCUT2D eigenvalue weighted by Gasteiger charge is -2.14. The molecule has 0 aliphatic carbocycles. The average Bonchev–Trinajstić information content (AvgIpc) is 2.99. The van der Waals surface area contributed by atoms with Crippen molar-refractivity contribution in [2.75, 3.05) is 13.7 Å². The highest BCUT2D eigenvalue weighted by Crippen LogP contribution is 2.32. The summed E-state index contributed by atoms with van der Waals surface area (Å²) in [6, 6.07) is 15.5. The highest BCUT2D eigenvalue weighted by atomic mass is 32.2. The van der Waals surface area contributed by atoms with Gasteiger partial charge in [-0.25, -0.2) is 0 Å². The number of carbonyl (C=O) groups excluding carboxylic acids is 1. The minimum Gasteiger partial charge on any atom is -0.497 e. The van der Waals surface area contributed by atoms with E-state index in [9.17, 15) is 4.79 Å². The molecule has 0 unspecified atom stereocenters. The van der Waals surface area contributed by atoms with E-state index in [1.807, 2.05) is 54.6 Å². The monoisotopic (exact) mass is 411 g/mol. The van der Waals surface area contributed by atoms with Gasteiger partial charge in [-0.15, -0.1) is 0 Å². The summed E-state index contributed by atoms with van der Waals surface area (Å²) in [5.74, 6) is 1.54. The SMILES string of the molecule is C=CCOc1ccc(C/C=C2\SC(=S)N(Cc3ccc(OC)cc3)C2=O)cc1. The minimum atomic E-state index is -0.0447. The number of amides is 1. The van der Waals surface area contributed by atoms with Crippen LogP contribution in [0.5, 0.6) is 11.5 Å². The van der Waals surface area contributed by atoms with Crippen molar-refractivity contribution in [1.29, 1.82) is 0 Å². The van der Waals surface area contributed by atoms with Gasteiger partial charge < -0.3 is 9.47 Å². The van der Waals surface area contributed by atoms with Crippen molar-refractivity contribution in [2.45, 2.75) is 13.0 Å². The Kier molecular flexibility index (Phi) is 6.90. The van der Waals surface area contributed by atoms with E-state index in [0.717, 1.165) is 22.6 Å². The van der Waals surface area contributed by atoms with E-state index in [1.54, 1.807) is 18.1 Å². The van der Waals surface area contributed by atoms with Gasteiger partial charge in [-0.1, -0.05) is 67.0 Å². The van der Waals surface area contributed by atoms with Crippen molar-refractivity contribution in [3.63, 3.8) is 0 Å². The van der Waals surface area contributed by atoms with Gasteiger partial charge in [-0.2, -0.15) is 0 Å². The van der Waals surface area contributed by atoms with Crippen molar-refractivity contribution in [2.24, 2.45) is 0 Å². The van der Waals surface area contributed by atoms with Crippen LogP contribution in [0.4, 0.5) is 0 Å². The third-order valence-corrected chi connectivity index (χ3v) is 5.61. The molecule has 4 nitrogen and oxygen atoms in total. The smallest absolute Gasteiger partial charge is 0.266 e. The van der Waals surface area contributed by atoms with Gasteiger partial charge in [0.05, 0.1) is 18.6 Å². The second kappa shape index (κ2) is 9.57. The fraction of sp³-hybridized carbons (Fsp3) is 0.182. The Morgan fingerprint density at radius 1 is 1.07 bits per heavy atom. The van der Waals surface area contributed by atoms with Crippen molar-refractivity contribution < 1.29 is 14.3 Å². The van der Waals surface area contributed by atoms with E-state index in [0.29, 0.717) is 28.8 Å². The zero-order valence-electron chi connectivity index (χ0n) is 15.6. The van der Waals surface area contributed by atoms with Crippen molar-refractivity contribution in [1.82, 2.24) is 4.90 Å². The number of nitrogens with zero attached hydrogens (tertiary/aromatic N) is 1. The zero-order chi connectivity index (χ0) is 19.9. The van der Waals surface area contributed by atoms with Crippen LogP contribution in [-0.4, -0.2) is 28.8 Å². The van der Waals surface area contributed by atoms with E-state index in [1.165, 1.54) is 11.8 Å². The van der Waals surface area contributed by atoms with E-state index in [4.69, 9.17) is 21.7 Å². The van der Waals surface area contributed by atoms with Crippen LogP contribution in [0, 0.1) is 0 Å². The second-order valence-electron chi connectivity index (χ2n) is 6.12. The number of methoxy groups -OCH3 is 1. The summed E-state index contributed by atoms with van der Waals surface area (Å²) in [5.41, 5.74) is 2.11. The molecule has 0 aromatic heterocycles. The first-order valence-electron chi connectivity index (χ1n) is 8.80. The number of hydrogen-bond donors (Lipinski definition) is 0. The van der Waals surface area contributed by atoms with Crippen LogP contribution in [0.15, 0.2) is 72.2 Å². The number of carbonyl (C=O) groups is 1. The summed E-state index contributed by atoms with van der Waals surface area (Å²) in [6.07, 6.45) is 4.31. The van der Waals surface area contributed by atoms with Gasteiger partial charge in [0.1, 0.15) is 22.4 Å². The molecule has 0 saturated carbocycles. The van der Waals surface area contributed by atoms with Crippen LogP contribution < -0.4 is 9.47 Å². The number of benzene rings is 2. The Balaban J connectivity index is 1.62. The van der Waals surface area contributed by atoms with Gasteiger partial charge >= 0.3 is 0 Å². The molecule has 2 aromatic rings. The first-order valence-corrected chi connectivity index (χ1v) is 10.0. The molecule has 0 bridgehead atoms. The van der Waals surface area contributed by atoms with E-state index >= 15 is 0 Å². The lowest BCUT2D eigenvalue weighted by molar-refractivity contribution is -0.122. The summed E-state index contributed by atoms with van der Waals surface area (Å²) >= 11 is 6.76. The molecule has 0 spiro atoms. The predicted octanol–water partition coefficient (Wildman–Crippen LogP) is 4.75. The highest BCUT2D eigenvalue weighted by molar-refractivity contribution is 8.26. The zero-order valence-corrected chi connectivity index (χ0v) is 17.2. The van der Waals surface area contributed by atoms with Gasteiger partial charge in [-0.3, -0.25) is 9.69 Å². The fourth-order valence-corrected chi connectivity index (χ4v) is 3.90. The molecule has 1 aliphatic rings. The van der Waals surface area contributed by atoms with Crippen molar-refractivity contribution in [3.8, 4) is 11.5 Å². The molecule has 0 atom stereocenters. The number of thioether (sulfide) groups is 1. The lowest BCUT2D eigenvalue weighted by Crippen LogP contribution is -2.27. The summed E-state index contributed by atoms with van der Waals surface area (Å²) in [4.78, 5) is 15.0. The Morgan fingerprint density at radius 3 is 2.36 bits per heavy atom. The Morgan fingerprint density at radius 2 is 1.71 bits per heavy atom. The molecule has 1 aliphatic heterocycles. The molecule has 144 valence electrons. The third kappa shape index (κ3) is 5.03. The van der Waals surface area contributed by atoms with Crippen molar-refractivity contribution in [3.05, 3.63) is 83.3 Å². The van der Waals surface area contributed by atoms with Crippen LogP contribution in [0.25, 0.3) is 0 Å². The topological polar surface area (TPSA) is 38.8 Å². The molecule has 0 radical (unpaired) electrons. The summed E-state index contributed by atoms with van der Waals surface area (Å²) in [5, 5.41) is 0. The summed E-state index contributed by atoms with van der Waals surface area (Å²) < 4.78 is 11.2. The molecule has 1 amide bonds. The normalized spacial score (nSPS) is 15.2. The molecule has 1 fully saturated rings. The Bertz CT molecular complexity index is 889. The first kappa shape index (κ1) is 20.2. The molecule has 1 heterocycles. The first-order chi connectivity index (χ1) is 13.6. The number of rotatable bonds is 8. The molecular weight excluding hydrogens is 390 g/mol. The Hall–Kier alpha value is -2.57. The maximum absolute atomic E-state index is 12.7. The third-order valence-electron chi connectivity index (χ3n) is 4.19. The molecule has 2 aromatic carbocycles. The number of thiocarbonyl (C=S) groups is 1. The minimum absolute atomic E-state index is 0.0447. The van der Waals surface area contributed by atoms with Crippen LogP contribution in [0.3, 0.4) is 0 Å². The molecule has 28 heavy (non-hydrogen) atoms. The molecule has 3 rings (SSSR count). The molecule has 1 saturated heterocycles. The molecular formula is C22H21NO3S2. The lowest BCUT2D eigenvalue weighted by atomic mass is 10.1. The van der Waals surface area contributed by atoms with Gasteiger partial charge in [0.25, 0.3) is 5.91 Å². The second-order valence-corrected chi connectivity index (χ2v) is 7.80. The fourth-order valence-electron chi connectivity index (χ4n) is 2.68. The van der Waals surface area contributed by atoms with E-state index in [2.05, 4.69) is 6.58 Å². The average molecular weight is 412 g/mol. The quantitative estimate of drug-likeness (QED) is 0.356. The van der Waals surface area contributed by atoms with Crippen LogP contribution in [0.2, 0.25) is 0 Å². The highest BCUT2D eigenvalue weighted by Gasteiger charge is 2.31. The summed E-state index contributed by atoms with van der Waals surface area (Å²) in [7, 11) is 1.63. The predicted molar refractivity (Wildman–Crippen MR) is 118 cm³/mol. The Labute approximate surface area is 174 Å². The van der Waals surface area contributed by atoms with Crippen LogP contribution in [0.1, 0.15) is 11.1 Å². The standard InChI is InChI=1S/C22H21NO3S2/c1-3-14-26-19-11-4-16(5-12-19)8-13-20-21(24)23(22(27)28-20)15-17-6-9-18(25-2)10-7-17/h3-7,9-13H,1,8,14-15H2,2H3/b20-13-.